The van der Waals surface area contributed by atoms with E-state index in [1.54, 1.807) is 25.1 Å². The highest BCUT2D eigenvalue weighted by molar-refractivity contribution is 7.92. The first-order valence-corrected chi connectivity index (χ1v) is 8.15. The molecule has 0 fully saturated rings. The predicted octanol–water partition coefficient (Wildman–Crippen LogP) is 1.84. The van der Waals surface area contributed by atoms with Crippen LogP contribution in [0.1, 0.15) is 17.3 Å². The Morgan fingerprint density at radius 3 is 2.84 bits per heavy atom. The molecule has 0 bridgehead atoms. The summed E-state index contributed by atoms with van der Waals surface area (Å²) < 4.78 is 30.2. The summed E-state index contributed by atoms with van der Waals surface area (Å²) in [5.74, 6) is -0.407. The number of rotatable bonds is 4. The number of esters is 1. The summed E-state index contributed by atoms with van der Waals surface area (Å²) in [7, 11) is -3.35. The van der Waals surface area contributed by atoms with Gasteiger partial charge in [-0.25, -0.2) is 18.2 Å². The SMILES string of the molecule is CCOC(=O)c1ccc2nc(NS(C)(=O)=O)sc2c1. The van der Waals surface area contributed by atoms with Crippen LogP contribution in [0.15, 0.2) is 18.2 Å². The molecule has 0 aliphatic carbocycles. The number of carbonyl (C=O) groups excluding carboxylic acids is 1. The van der Waals surface area contributed by atoms with Crippen LogP contribution in [-0.2, 0) is 14.8 Å². The van der Waals surface area contributed by atoms with Crippen LogP contribution in [0.4, 0.5) is 5.13 Å². The summed E-state index contributed by atoms with van der Waals surface area (Å²) in [6.45, 7) is 2.04. The molecule has 0 spiro atoms. The molecule has 0 saturated heterocycles. The van der Waals surface area contributed by atoms with Crippen LogP contribution in [0.5, 0.6) is 0 Å². The fraction of sp³-hybridized carbons (Fsp3) is 0.273. The van der Waals surface area contributed by atoms with Crippen LogP contribution in [-0.4, -0.2) is 32.2 Å². The summed E-state index contributed by atoms with van der Waals surface area (Å²) in [5, 5.41) is 0.276. The molecule has 1 N–H and O–H groups in total. The quantitative estimate of drug-likeness (QED) is 0.871. The van der Waals surface area contributed by atoms with Gasteiger partial charge in [0.25, 0.3) is 0 Å². The number of fused-ring (bicyclic) bond motifs is 1. The van der Waals surface area contributed by atoms with Crippen molar-refractivity contribution < 1.29 is 17.9 Å². The minimum Gasteiger partial charge on any atom is -0.462 e. The Balaban J connectivity index is 2.36. The highest BCUT2D eigenvalue weighted by atomic mass is 32.2. The Morgan fingerprint density at radius 1 is 1.47 bits per heavy atom. The van der Waals surface area contributed by atoms with E-state index in [0.717, 1.165) is 22.3 Å². The lowest BCUT2D eigenvalue weighted by Crippen LogP contribution is -2.08. The van der Waals surface area contributed by atoms with E-state index >= 15 is 0 Å². The summed E-state index contributed by atoms with van der Waals surface area (Å²) >= 11 is 1.16. The van der Waals surface area contributed by atoms with Gasteiger partial charge in [0.1, 0.15) is 0 Å². The van der Waals surface area contributed by atoms with Crippen molar-refractivity contribution in [3.8, 4) is 0 Å². The van der Waals surface area contributed by atoms with Crippen LogP contribution >= 0.6 is 11.3 Å². The van der Waals surface area contributed by atoms with E-state index in [0.29, 0.717) is 17.7 Å². The van der Waals surface area contributed by atoms with Gasteiger partial charge in [-0.15, -0.1) is 0 Å². The molecule has 0 aliphatic rings. The van der Waals surface area contributed by atoms with Gasteiger partial charge in [-0.2, -0.15) is 0 Å². The Morgan fingerprint density at radius 2 is 2.21 bits per heavy atom. The highest BCUT2D eigenvalue weighted by Crippen LogP contribution is 2.27. The second-order valence-corrected chi connectivity index (χ2v) is 6.58. The number of hydrogen-bond acceptors (Lipinski definition) is 6. The zero-order chi connectivity index (χ0) is 14.0. The summed E-state index contributed by atoms with van der Waals surface area (Å²) in [4.78, 5) is 15.7. The van der Waals surface area contributed by atoms with Crippen molar-refractivity contribution in [2.24, 2.45) is 0 Å². The maximum Gasteiger partial charge on any atom is 0.338 e. The largest absolute Gasteiger partial charge is 0.462 e. The first kappa shape index (κ1) is 13.8. The molecule has 8 heteroatoms. The number of nitrogens with zero attached hydrogens (tertiary/aromatic N) is 1. The molecular formula is C11H12N2O4S2. The van der Waals surface area contributed by atoms with Gasteiger partial charge in [-0.3, -0.25) is 4.72 Å². The first-order chi connectivity index (χ1) is 8.89. The fourth-order valence-corrected chi connectivity index (χ4v) is 3.21. The molecule has 1 aromatic heterocycles. The molecule has 19 heavy (non-hydrogen) atoms. The third kappa shape index (κ3) is 3.42. The van der Waals surface area contributed by atoms with E-state index in [1.807, 2.05) is 0 Å². The predicted molar refractivity (Wildman–Crippen MR) is 74.0 cm³/mol. The molecule has 0 aliphatic heterocycles. The minimum atomic E-state index is -3.35. The molecule has 0 saturated carbocycles. The molecule has 102 valence electrons. The van der Waals surface area contributed by atoms with Crippen molar-refractivity contribution in [1.29, 1.82) is 0 Å². The number of thiazole rings is 1. The average Bonchev–Trinajstić information content (AvgIpc) is 2.67. The Labute approximate surface area is 114 Å². The number of benzene rings is 1. The number of sulfonamides is 1. The molecule has 2 rings (SSSR count). The van der Waals surface area contributed by atoms with Crippen LogP contribution in [0, 0.1) is 0 Å². The van der Waals surface area contributed by atoms with Crippen molar-refractivity contribution in [2.75, 3.05) is 17.6 Å². The Bertz CT molecular complexity index is 721. The molecule has 1 aromatic carbocycles. The smallest absolute Gasteiger partial charge is 0.338 e. The van der Waals surface area contributed by atoms with Crippen LogP contribution < -0.4 is 4.72 Å². The monoisotopic (exact) mass is 300 g/mol. The normalized spacial score (nSPS) is 11.5. The van der Waals surface area contributed by atoms with Gasteiger partial charge in [0.05, 0.1) is 28.6 Å². The number of ether oxygens (including phenoxy) is 1. The van der Waals surface area contributed by atoms with Crippen LogP contribution in [0.25, 0.3) is 10.2 Å². The zero-order valence-electron chi connectivity index (χ0n) is 10.3. The van der Waals surface area contributed by atoms with E-state index in [-0.39, 0.29) is 5.13 Å². The van der Waals surface area contributed by atoms with E-state index in [2.05, 4.69) is 9.71 Å². The number of carbonyl (C=O) groups is 1. The molecule has 0 unspecified atom stereocenters. The van der Waals surface area contributed by atoms with Gasteiger partial charge in [0, 0.05) is 0 Å². The molecule has 2 aromatic rings. The fourth-order valence-electron chi connectivity index (χ4n) is 1.47. The van der Waals surface area contributed by atoms with Gasteiger partial charge in [-0.05, 0) is 25.1 Å². The van der Waals surface area contributed by atoms with Gasteiger partial charge in [0.2, 0.25) is 10.0 Å². The van der Waals surface area contributed by atoms with Crippen molar-refractivity contribution in [1.82, 2.24) is 4.98 Å². The van der Waals surface area contributed by atoms with Crippen LogP contribution in [0.3, 0.4) is 0 Å². The maximum atomic E-state index is 11.6. The number of aromatic nitrogens is 1. The standard InChI is InChI=1S/C11H12N2O4S2/c1-3-17-10(14)7-4-5-8-9(6-7)18-11(12-8)13-19(2,15)16/h4-6H,3H2,1-2H3,(H,12,13). The molecule has 0 amide bonds. The first-order valence-electron chi connectivity index (χ1n) is 5.44. The van der Waals surface area contributed by atoms with Gasteiger partial charge in [-0.1, -0.05) is 11.3 Å². The van der Waals surface area contributed by atoms with E-state index < -0.39 is 16.0 Å². The molecule has 0 atom stereocenters. The summed E-state index contributed by atoms with van der Waals surface area (Å²) in [5.41, 5.74) is 1.05. The van der Waals surface area contributed by atoms with Crippen molar-refractivity contribution in [3.05, 3.63) is 23.8 Å². The second kappa shape index (κ2) is 5.14. The highest BCUT2D eigenvalue weighted by Gasteiger charge is 2.11. The van der Waals surface area contributed by atoms with Gasteiger partial charge >= 0.3 is 5.97 Å². The minimum absolute atomic E-state index is 0.276. The third-order valence-electron chi connectivity index (χ3n) is 2.17. The Hall–Kier alpha value is -1.67. The number of anilines is 1. The maximum absolute atomic E-state index is 11.6. The molecule has 1 heterocycles. The van der Waals surface area contributed by atoms with Crippen molar-refractivity contribution in [3.63, 3.8) is 0 Å². The van der Waals surface area contributed by atoms with E-state index in [4.69, 9.17) is 4.74 Å². The molecule has 0 radical (unpaired) electrons. The number of nitrogens with one attached hydrogen (secondary N) is 1. The van der Waals surface area contributed by atoms with Gasteiger partial charge < -0.3 is 4.74 Å². The van der Waals surface area contributed by atoms with E-state index in [1.165, 1.54) is 0 Å². The topological polar surface area (TPSA) is 85.4 Å². The zero-order valence-corrected chi connectivity index (χ0v) is 12.0. The third-order valence-corrected chi connectivity index (χ3v) is 3.80. The Kier molecular flexibility index (Phi) is 3.72. The molecule has 6 nitrogen and oxygen atoms in total. The lowest BCUT2D eigenvalue weighted by Gasteiger charge is -2.00. The lowest BCUT2D eigenvalue weighted by molar-refractivity contribution is 0.0526. The van der Waals surface area contributed by atoms with Crippen molar-refractivity contribution in [2.45, 2.75) is 6.92 Å². The lowest BCUT2D eigenvalue weighted by atomic mass is 10.2. The summed E-state index contributed by atoms with van der Waals surface area (Å²) in [6, 6.07) is 4.90. The summed E-state index contributed by atoms with van der Waals surface area (Å²) in [6.07, 6.45) is 1.06. The van der Waals surface area contributed by atoms with E-state index in [9.17, 15) is 13.2 Å². The van der Waals surface area contributed by atoms with Crippen molar-refractivity contribution >= 4 is 42.7 Å². The average molecular weight is 300 g/mol. The van der Waals surface area contributed by atoms with Crippen LogP contribution in [0.2, 0.25) is 0 Å². The molecular weight excluding hydrogens is 288 g/mol. The second-order valence-electron chi connectivity index (χ2n) is 3.80. The number of hydrogen-bond donors (Lipinski definition) is 1. The van der Waals surface area contributed by atoms with Gasteiger partial charge in [0.15, 0.2) is 5.13 Å².